The van der Waals surface area contributed by atoms with Crippen molar-refractivity contribution >= 4 is 5.78 Å². The van der Waals surface area contributed by atoms with Gasteiger partial charge in [0.15, 0.2) is 5.78 Å². The standard InChI is InChI=1S/C12H14FNO2/c13-10-4-2-1-3-9(10)12(16)11-7-8(15)5-6-14-11/h1-4,8,11,14-15H,5-7H2. The predicted octanol–water partition coefficient (Wildman–Crippen LogP) is 1.12. The van der Waals surface area contributed by atoms with Gasteiger partial charge in [-0.15, -0.1) is 0 Å². The molecule has 0 spiro atoms. The highest BCUT2D eigenvalue weighted by Gasteiger charge is 2.27. The zero-order chi connectivity index (χ0) is 11.5. The average molecular weight is 223 g/mol. The number of benzene rings is 1. The molecule has 2 rings (SSSR count). The first-order valence-electron chi connectivity index (χ1n) is 5.38. The van der Waals surface area contributed by atoms with Crippen molar-refractivity contribution < 1.29 is 14.3 Å². The van der Waals surface area contributed by atoms with Crippen molar-refractivity contribution in [3.05, 3.63) is 35.6 Å². The molecule has 1 heterocycles. The second kappa shape index (κ2) is 4.72. The Kier molecular flexibility index (Phi) is 3.31. The molecule has 0 radical (unpaired) electrons. The maximum Gasteiger partial charge on any atom is 0.182 e. The van der Waals surface area contributed by atoms with Gasteiger partial charge in [0.05, 0.1) is 17.7 Å². The highest BCUT2D eigenvalue weighted by molar-refractivity contribution is 6.00. The Balaban J connectivity index is 2.16. The number of aliphatic hydroxyl groups is 1. The Hall–Kier alpha value is -1.26. The molecule has 3 nitrogen and oxygen atoms in total. The fraction of sp³-hybridized carbons (Fsp3) is 0.417. The number of ketones is 1. The van der Waals surface area contributed by atoms with Crippen LogP contribution in [0.1, 0.15) is 23.2 Å². The van der Waals surface area contributed by atoms with Crippen molar-refractivity contribution in [2.24, 2.45) is 0 Å². The van der Waals surface area contributed by atoms with Gasteiger partial charge in [0.2, 0.25) is 0 Å². The highest BCUT2D eigenvalue weighted by atomic mass is 19.1. The molecule has 4 heteroatoms. The average Bonchev–Trinajstić information content (AvgIpc) is 2.29. The Bertz CT molecular complexity index is 394. The van der Waals surface area contributed by atoms with Crippen molar-refractivity contribution in [2.75, 3.05) is 6.54 Å². The molecule has 1 aliphatic heterocycles. The third-order valence-corrected chi connectivity index (χ3v) is 2.83. The summed E-state index contributed by atoms with van der Waals surface area (Å²) in [5.74, 6) is -0.786. The van der Waals surface area contributed by atoms with Gasteiger partial charge in [-0.1, -0.05) is 12.1 Å². The zero-order valence-electron chi connectivity index (χ0n) is 8.82. The number of nitrogens with one attached hydrogen (secondary N) is 1. The molecule has 1 aliphatic rings. The molecule has 2 N–H and O–H groups in total. The van der Waals surface area contributed by atoms with E-state index in [2.05, 4.69) is 5.32 Å². The number of carbonyl (C=O) groups excluding carboxylic acids is 1. The van der Waals surface area contributed by atoms with Crippen LogP contribution in [0.15, 0.2) is 24.3 Å². The van der Waals surface area contributed by atoms with E-state index in [1.165, 1.54) is 12.1 Å². The summed E-state index contributed by atoms with van der Waals surface area (Å²) in [6.45, 7) is 0.589. The molecule has 0 aromatic heterocycles. The van der Waals surface area contributed by atoms with Gasteiger partial charge in [0.1, 0.15) is 5.82 Å². The number of Topliss-reactive ketones (excluding diaryl/α,β-unsaturated/α-hetero) is 1. The van der Waals surface area contributed by atoms with Crippen molar-refractivity contribution in [2.45, 2.75) is 25.0 Å². The van der Waals surface area contributed by atoms with Crippen LogP contribution in [0, 0.1) is 5.82 Å². The highest BCUT2D eigenvalue weighted by Crippen LogP contribution is 2.15. The van der Waals surface area contributed by atoms with Crippen molar-refractivity contribution in [1.29, 1.82) is 0 Å². The normalized spacial score (nSPS) is 25.4. The summed E-state index contributed by atoms with van der Waals surface area (Å²) in [4.78, 5) is 12.0. The van der Waals surface area contributed by atoms with Gasteiger partial charge >= 0.3 is 0 Å². The van der Waals surface area contributed by atoms with Gasteiger partial charge in [0.25, 0.3) is 0 Å². The molecule has 1 aromatic rings. The lowest BCUT2D eigenvalue weighted by molar-refractivity contribution is 0.0790. The third-order valence-electron chi connectivity index (χ3n) is 2.83. The number of aliphatic hydroxyl groups excluding tert-OH is 1. The Morgan fingerprint density at radius 2 is 2.19 bits per heavy atom. The number of halogens is 1. The number of rotatable bonds is 2. The van der Waals surface area contributed by atoms with E-state index in [0.717, 1.165) is 0 Å². The van der Waals surface area contributed by atoms with E-state index < -0.39 is 18.0 Å². The molecule has 0 saturated carbocycles. The minimum atomic E-state index is -0.505. The van der Waals surface area contributed by atoms with E-state index in [9.17, 15) is 14.3 Å². The van der Waals surface area contributed by atoms with Crippen LogP contribution in [0.5, 0.6) is 0 Å². The number of carbonyl (C=O) groups is 1. The van der Waals surface area contributed by atoms with Gasteiger partial charge in [-0.2, -0.15) is 0 Å². The Labute approximate surface area is 93.3 Å². The van der Waals surface area contributed by atoms with Crippen LogP contribution in [-0.2, 0) is 0 Å². The second-order valence-corrected chi connectivity index (χ2v) is 4.03. The molecule has 0 bridgehead atoms. The van der Waals surface area contributed by atoms with Crippen LogP contribution in [0.2, 0.25) is 0 Å². The lowest BCUT2D eigenvalue weighted by atomic mass is 9.94. The Morgan fingerprint density at radius 1 is 1.44 bits per heavy atom. The van der Waals surface area contributed by atoms with E-state index in [1.807, 2.05) is 0 Å². The summed E-state index contributed by atoms with van der Waals surface area (Å²) in [7, 11) is 0. The van der Waals surface area contributed by atoms with E-state index in [0.29, 0.717) is 19.4 Å². The van der Waals surface area contributed by atoms with Gasteiger partial charge in [-0.05, 0) is 31.5 Å². The Morgan fingerprint density at radius 3 is 2.88 bits per heavy atom. The predicted molar refractivity (Wildman–Crippen MR) is 57.8 cm³/mol. The third kappa shape index (κ3) is 2.28. The van der Waals surface area contributed by atoms with Gasteiger partial charge in [0, 0.05) is 0 Å². The largest absolute Gasteiger partial charge is 0.393 e. The minimum Gasteiger partial charge on any atom is -0.393 e. The number of piperidine rings is 1. The molecule has 2 unspecified atom stereocenters. The molecular weight excluding hydrogens is 209 g/mol. The molecule has 86 valence electrons. The molecule has 2 atom stereocenters. The topological polar surface area (TPSA) is 49.3 Å². The molecule has 16 heavy (non-hydrogen) atoms. The maximum absolute atomic E-state index is 13.4. The van der Waals surface area contributed by atoms with Crippen molar-refractivity contribution in [3.63, 3.8) is 0 Å². The van der Waals surface area contributed by atoms with Crippen LogP contribution in [0.25, 0.3) is 0 Å². The van der Waals surface area contributed by atoms with Crippen LogP contribution in [0.4, 0.5) is 4.39 Å². The fourth-order valence-corrected chi connectivity index (χ4v) is 1.95. The second-order valence-electron chi connectivity index (χ2n) is 4.03. The van der Waals surface area contributed by atoms with Crippen LogP contribution < -0.4 is 5.32 Å². The SMILES string of the molecule is O=C(c1ccccc1F)C1CC(O)CCN1. The van der Waals surface area contributed by atoms with E-state index in [4.69, 9.17) is 0 Å². The summed E-state index contributed by atoms with van der Waals surface area (Å²) in [6, 6.07) is 5.46. The van der Waals surface area contributed by atoms with Gasteiger partial charge in [-0.25, -0.2) is 4.39 Å². The summed E-state index contributed by atoms with van der Waals surface area (Å²) in [6.07, 6.45) is 0.524. The molecule has 1 fully saturated rings. The van der Waals surface area contributed by atoms with E-state index >= 15 is 0 Å². The van der Waals surface area contributed by atoms with E-state index in [-0.39, 0.29) is 11.3 Å². The molecule has 0 amide bonds. The van der Waals surface area contributed by atoms with Gasteiger partial charge in [-0.3, -0.25) is 4.79 Å². The van der Waals surface area contributed by atoms with Crippen molar-refractivity contribution in [1.82, 2.24) is 5.32 Å². The lowest BCUT2D eigenvalue weighted by Crippen LogP contribution is -2.45. The van der Waals surface area contributed by atoms with Crippen LogP contribution in [0.3, 0.4) is 0 Å². The first-order valence-corrected chi connectivity index (χ1v) is 5.38. The fourth-order valence-electron chi connectivity index (χ4n) is 1.95. The quantitative estimate of drug-likeness (QED) is 0.739. The lowest BCUT2D eigenvalue weighted by Gasteiger charge is -2.26. The van der Waals surface area contributed by atoms with E-state index in [1.54, 1.807) is 12.1 Å². The van der Waals surface area contributed by atoms with Crippen LogP contribution >= 0.6 is 0 Å². The number of hydrogen-bond donors (Lipinski definition) is 2. The molecule has 1 aromatic carbocycles. The smallest absolute Gasteiger partial charge is 0.182 e. The molecular formula is C12H14FNO2. The minimum absolute atomic E-state index is 0.0918. The summed E-state index contributed by atoms with van der Waals surface area (Å²) in [5, 5.41) is 12.5. The summed E-state index contributed by atoms with van der Waals surface area (Å²) < 4.78 is 13.4. The maximum atomic E-state index is 13.4. The summed E-state index contributed by atoms with van der Waals surface area (Å²) >= 11 is 0. The first-order chi connectivity index (χ1) is 7.68. The molecule has 0 aliphatic carbocycles. The van der Waals surface area contributed by atoms with Gasteiger partial charge < -0.3 is 10.4 Å². The van der Waals surface area contributed by atoms with Crippen molar-refractivity contribution in [3.8, 4) is 0 Å². The summed E-state index contributed by atoms with van der Waals surface area (Å²) in [5.41, 5.74) is 0.0918. The monoisotopic (exact) mass is 223 g/mol. The zero-order valence-corrected chi connectivity index (χ0v) is 8.82. The first kappa shape index (κ1) is 11.2. The number of hydrogen-bond acceptors (Lipinski definition) is 3. The molecule has 1 saturated heterocycles. The van der Waals surface area contributed by atoms with Crippen LogP contribution in [-0.4, -0.2) is 29.6 Å².